The van der Waals surface area contributed by atoms with Gasteiger partial charge in [0.05, 0.1) is 7.11 Å². The molecule has 0 unspecified atom stereocenters. The number of nitrogens with zero attached hydrogens (tertiary/aromatic N) is 2. The van der Waals surface area contributed by atoms with Crippen molar-refractivity contribution < 1.29 is 27.6 Å². The molecular weight excluding hydrogens is 432 g/mol. The number of ether oxygens (including phenoxy) is 2. The van der Waals surface area contributed by atoms with E-state index in [-0.39, 0.29) is 30.4 Å². The number of amides is 1. The summed E-state index contributed by atoms with van der Waals surface area (Å²) < 4.78 is 39.6. The molecule has 3 rings (SSSR count). The van der Waals surface area contributed by atoms with E-state index in [0.717, 1.165) is 5.56 Å². The number of hydrogen-bond donors (Lipinski definition) is 1. The lowest BCUT2D eigenvalue weighted by atomic mass is 10.2. The van der Waals surface area contributed by atoms with Crippen molar-refractivity contribution >= 4 is 17.5 Å². The summed E-state index contributed by atoms with van der Waals surface area (Å²) in [6.07, 6.45) is 1.20. The average Bonchev–Trinajstić information content (AvgIpc) is 3.21. The predicted molar refractivity (Wildman–Crippen MR) is 109 cm³/mol. The van der Waals surface area contributed by atoms with Crippen LogP contribution in [0.1, 0.15) is 24.3 Å². The smallest absolute Gasteiger partial charge is 0.387 e. The standard InChI is InChI=1S/C21H20ClF2N3O4/c1-29-16-10-5-13(11-17(16)30-21(23)24)12-25-18(28)3-2-4-19-26-20(27-31-19)14-6-8-15(22)9-7-14/h5-11,21H,2-4,12H2,1H3,(H,25,28). The van der Waals surface area contributed by atoms with Crippen molar-refractivity contribution in [3.05, 3.63) is 58.9 Å². The fourth-order valence-electron chi connectivity index (χ4n) is 2.78. The number of halogens is 3. The maximum absolute atomic E-state index is 12.5. The lowest BCUT2D eigenvalue weighted by Gasteiger charge is -2.12. The first-order valence-corrected chi connectivity index (χ1v) is 9.79. The zero-order valence-corrected chi connectivity index (χ0v) is 17.4. The number of alkyl halides is 2. The van der Waals surface area contributed by atoms with Gasteiger partial charge in [-0.3, -0.25) is 4.79 Å². The van der Waals surface area contributed by atoms with Gasteiger partial charge in [0.15, 0.2) is 11.5 Å². The fraction of sp³-hybridized carbons (Fsp3) is 0.286. The van der Waals surface area contributed by atoms with E-state index in [9.17, 15) is 13.6 Å². The van der Waals surface area contributed by atoms with Crippen LogP contribution >= 0.6 is 11.6 Å². The van der Waals surface area contributed by atoms with Crippen LogP contribution in [-0.4, -0.2) is 29.8 Å². The van der Waals surface area contributed by atoms with Crippen LogP contribution in [0.25, 0.3) is 11.4 Å². The average molecular weight is 452 g/mol. The quantitative estimate of drug-likeness (QED) is 0.483. The van der Waals surface area contributed by atoms with Crippen LogP contribution in [0.15, 0.2) is 47.0 Å². The van der Waals surface area contributed by atoms with Crippen LogP contribution in [0, 0.1) is 0 Å². The molecule has 1 heterocycles. The number of nitrogens with one attached hydrogen (secondary N) is 1. The van der Waals surface area contributed by atoms with Crippen LogP contribution in [0.4, 0.5) is 8.78 Å². The third-order valence-electron chi connectivity index (χ3n) is 4.30. The minimum atomic E-state index is -2.97. The van der Waals surface area contributed by atoms with E-state index in [1.165, 1.54) is 19.2 Å². The van der Waals surface area contributed by atoms with Crippen LogP contribution in [0.3, 0.4) is 0 Å². The number of carbonyl (C=O) groups is 1. The second-order valence-electron chi connectivity index (χ2n) is 6.51. The molecule has 10 heteroatoms. The molecule has 0 saturated heterocycles. The van der Waals surface area contributed by atoms with Gasteiger partial charge in [0.2, 0.25) is 17.6 Å². The molecule has 3 aromatic rings. The SMILES string of the molecule is COc1ccc(CNC(=O)CCCc2nc(-c3ccc(Cl)cc3)no2)cc1OC(F)F. The number of rotatable bonds is 10. The molecule has 0 saturated carbocycles. The zero-order valence-electron chi connectivity index (χ0n) is 16.6. The van der Waals surface area contributed by atoms with Gasteiger partial charge in [-0.15, -0.1) is 0 Å². The third-order valence-corrected chi connectivity index (χ3v) is 4.55. The predicted octanol–water partition coefficient (Wildman–Crippen LogP) is 4.64. The molecule has 0 aliphatic heterocycles. The Kier molecular flexibility index (Phi) is 7.77. The van der Waals surface area contributed by atoms with Gasteiger partial charge in [-0.1, -0.05) is 22.8 Å². The molecule has 0 aliphatic carbocycles. The molecule has 0 bridgehead atoms. The molecule has 31 heavy (non-hydrogen) atoms. The second-order valence-corrected chi connectivity index (χ2v) is 6.95. The Labute approximate surface area is 182 Å². The Morgan fingerprint density at radius 3 is 2.68 bits per heavy atom. The molecule has 1 amide bonds. The maximum Gasteiger partial charge on any atom is 0.387 e. The lowest BCUT2D eigenvalue weighted by Crippen LogP contribution is -2.22. The molecule has 1 N–H and O–H groups in total. The Morgan fingerprint density at radius 2 is 1.97 bits per heavy atom. The van der Waals surface area contributed by atoms with E-state index in [1.54, 1.807) is 30.3 Å². The molecule has 0 fully saturated rings. The summed E-state index contributed by atoms with van der Waals surface area (Å²) in [6.45, 7) is -2.80. The van der Waals surface area contributed by atoms with Crippen molar-refractivity contribution in [3.8, 4) is 22.9 Å². The Balaban J connectivity index is 1.45. The highest BCUT2D eigenvalue weighted by Crippen LogP contribution is 2.29. The monoisotopic (exact) mass is 451 g/mol. The zero-order chi connectivity index (χ0) is 22.2. The number of methoxy groups -OCH3 is 1. The summed E-state index contributed by atoms with van der Waals surface area (Å²) in [5, 5.41) is 7.28. The number of aryl methyl sites for hydroxylation is 1. The van der Waals surface area contributed by atoms with E-state index >= 15 is 0 Å². The van der Waals surface area contributed by atoms with E-state index in [4.69, 9.17) is 20.9 Å². The van der Waals surface area contributed by atoms with Gasteiger partial charge >= 0.3 is 6.61 Å². The maximum atomic E-state index is 12.5. The summed E-state index contributed by atoms with van der Waals surface area (Å²) in [5.41, 5.74) is 1.39. The van der Waals surface area contributed by atoms with Crippen LogP contribution in [0.2, 0.25) is 5.02 Å². The minimum Gasteiger partial charge on any atom is -0.493 e. The second kappa shape index (κ2) is 10.7. The van der Waals surface area contributed by atoms with Crippen molar-refractivity contribution in [2.45, 2.75) is 32.4 Å². The van der Waals surface area contributed by atoms with Gasteiger partial charge in [-0.2, -0.15) is 13.8 Å². The van der Waals surface area contributed by atoms with Crippen molar-refractivity contribution in [3.63, 3.8) is 0 Å². The van der Waals surface area contributed by atoms with Crippen LogP contribution < -0.4 is 14.8 Å². The molecule has 0 spiro atoms. The Morgan fingerprint density at radius 1 is 1.19 bits per heavy atom. The molecule has 164 valence electrons. The molecular formula is C21H20ClF2N3O4. The third kappa shape index (κ3) is 6.65. The molecule has 0 atom stereocenters. The highest BCUT2D eigenvalue weighted by molar-refractivity contribution is 6.30. The van der Waals surface area contributed by atoms with Gasteiger partial charge in [0.1, 0.15) is 0 Å². The number of aromatic nitrogens is 2. The lowest BCUT2D eigenvalue weighted by molar-refractivity contribution is -0.121. The van der Waals surface area contributed by atoms with E-state index in [1.807, 2.05) is 0 Å². The number of benzene rings is 2. The van der Waals surface area contributed by atoms with E-state index in [2.05, 4.69) is 20.2 Å². The minimum absolute atomic E-state index is 0.0860. The van der Waals surface area contributed by atoms with Gasteiger partial charge in [0.25, 0.3) is 0 Å². The first-order chi connectivity index (χ1) is 14.9. The van der Waals surface area contributed by atoms with Crippen molar-refractivity contribution in [2.24, 2.45) is 0 Å². The van der Waals surface area contributed by atoms with Crippen LogP contribution in [0.5, 0.6) is 11.5 Å². The Hall–Kier alpha value is -3.20. The highest BCUT2D eigenvalue weighted by atomic mass is 35.5. The fourth-order valence-corrected chi connectivity index (χ4v) is 2.91. The van der Waals surface area contributed by atoms with Gasteiger partial charge < -0.3 is 19.3 Å². The first kappa shape index (κ1) is 22.5. The molecule has 0 aliphatic rings. The first-order valence-electron chi connectivity index (χ1n) is 9.41. The molecule has 1 aromatic heterocycles. The summed E-state index contributed by atoms with van der Waals surface area (Å²) in [6, 6.07) is 11.6. The van der Waals surface area contributed by atoms with Gasteiger partial charge in [-0.05, 0) is 48.4 Å². The normalized spacial score (nSPS) is 10.9. The summed E-state index contributed by atoms with van der Waals surface area (Å²) >= 11 is 5.86. The highest BCUT2D eigenvalue weighted by Gasteiger charge is 2.13. The number of hydrogen-bond acceptors (Lipinski definition) is 6. The van der Waals surface area contributed by atoms with Gasteiger partial charge in [0, 0.05) is 30.0 Å². The summed E-state index contributed by atoms with van der Waals surface area (Å²) in [5.74, 6) is 0.800. The summed E-state index contributed by atoms with van der Waals surface area (Å²) in [4.78, 5) is 16.4. The molecule has 7 nitrogen and oxygen atoms in total. The van der Waals surface area contributed by atoms with Crippen LogP contribution in [-0.2, 0) is 17.8 Å². The number of carbonyl (C=O) groups excluding carboxylic acids is 1. The van der Waals surface area contributed by atoms with E-state index < -0.39 is 6.61 Å². The Bertz CT molecular complexity index is 1010. The van der Waals surface area contributed by atoms with Crippen molar-refractivity contribution in [1.82, 2.24) is 15.5 Å². The van der Waals surface area contributed by atoms with Crippen molar-refractivity contribution in [2.75, 3.05) is 7.11 Å². The summed E-state index contributed by atoms with van der Waals surface area (Å²) in [7, 11) is 1.36. The van der Waals surface area contributed by atoms with E-state index in [0.29, 0.717) is 35.1 Å². The molecule has 2 aromatic carbocycles. The largest absolute Gasteiger partial charge is 0.493 e. The topological polar surface area (TPSA) is 86.5 Å². The molecule has 0 radical (unpaired) electrons. The van der Waals surface area contributed by atoms with Gasteiger partial charge in [-0.25, -0.2) is 0 Å². The van der Waals surface area contributed by atoms with Crippen molar-refractivity contribution in [1.29, 1.82) is 0 Å².